The Bertz CT molecular complexity index is 327. The molecular weight excluding hydrogens is 252 g/mol. The van der Waals surface area contributed by atoms with Crippen molar-refractivity contribution in [3.8, 4) is 0 Å². The molecule has 0 aromatic rings. The van der Waals surface area contributed by atoms with E-state index in [2.05, 4.69) is 20.9 Å². The van der Waals surface area contributed by atoms with Crippen molar-refractivity contribution in [3.63, 3.8) is 0 Å². The topological polar surface area (TPSA) is 65.5 Å². The minimum atomic E-state index is -0.331. The van der Waals surface area contributed by atoms with Crippen molar-refractivity contribution < 1.29 is 4.79 Å². The minimum absolute atomic E-state index is 0.0783. The number of rotatable bonds is 4. The first-order valence-corrected chi connectivity index (χ1v) is 7.69. The molecule has 1 fully saturated rings. The molecule has 0 heterocycles. The molecule has 1 aliphatic carbocycles. The van der Waals surface area contributed by atoms with E-state index < -0.39 is 0 Å². The fourth-order valence-corrected chi connectivity index (χ4v) is 2.26. The molecule has 0 aliphatic heterocycles. The molecule has 0 aromatic carbocycles. The van der Waals surface area contributed by atoms with Gasteiger partial charge in [-0.1, -0.05) is 40.0 Å². The Hall–Kier alpha value is -1.26. The van der Waals surface area contributed by atoms with E-state index in [1.54, 1.807) is 7.05 Å². The van der Waals surface area contributed by atoms with Crippen LogP contribution in [-0.2, 0) is 4.79 Å². The predicted octanol–water partition coefficient (Wildman–Crippen LogP) is 1.65. The first-order valence-electron chi connectivity index (χ1n) is 7.69. The summed E-state index contributed by atoms with van der Waals surface area (Å²) in [7, 11) is 1.78. The van der Waals surface area contributed by atoms with Crippen LogP contribution >= 0.6 is 0 Å². The van der Waals surface area contributed by atoms with Crippen LogP contribution in [0.5, 0.6) is 0 Å². The first-order chi connectivity index (χ1) is 9.43. The monoisotopic (exact) mass is 282 g/mol. The molecule has 20 heavy (non-hydrogen) atoms. The molecule has 1 aliphatic rings. The smallest absolute Gasteiger partial charge is 0.225 e. The maximum Gasteiger partial charge on any atom is 0.225 e. The summed E-state index contributed by atoms with van der Waals surface area (Å²) in [4.78, 5) is 15.9. The number of nitrogens with one attached hydrogen (secondary N) is 3. The van der Waals surface area contributed by atoms with Gasteiger partial charge in [0, 0.05) is 31.6 Å². The van der Waals surface area contributed by atoms with Crippen molar-refractivity contribution in [2.24, 2.45) is 10.4 Å². The lowest BCUT2D eigenvalue weighted by atomic mass is 9.96. The summed E-state index contributed by atoms with van der Waals surface area (Å²) < 4.78 is 0. The fraction of sp³-hybridized carbons (Fsp3) is 0.867. The summed E-state index contributed by atoms with van der Waals surface area (Å²) in [6.07, 6.45) is 6.40. The highest BCUT2D eigenvalue weighted by atomic mass is 16.2. The number of carbonyl (C=O) groups is 1. The normalized spacial score (nSPS) is 17.7. The quantitative estimate of drug-likeness (QED) is 0.417. The van der Waals surface area contributed by atoms with Crippen LogP contribution in [0.2, 0.25) is 0 Å². The van der Waals surface area contributed by atoms with Gasteiger partial charge in [0.15, 0.2) is 5.96 Å². The van der Waals surface area contributed by atoms with Gasteiger partial charge in [0.1, 0.15) is 0 Å². The Morgan fingerprint density at radius 3 is 2.25 bits per heavy atom. The molecule has 0 atom stereocenters. The Kier molecular flexibility index (Phi) is 6.82. The number of aliphatic imine (C=N–C) groups is 1. The second-order valence-electron chi connectivity index (χ2n) is 6.48. The van der Waals surface area contributed by atoms with E-state index in [4.69, 9.17) is 0 Å². The molecule has 1 rings (SSSR count). The largest absolute Gasteiger partial charge is 0.355 e. The zero-order valence-electron chi connectivity index (χ0n) is 13.4. The standard InChI is InChI=1S/C15H30N4O/c1-15(2,3)13(20)17-10-11-18-14(16-4)19-12-8-6-5-7-9-12/h12H,5-11H2,1-4H3,(H,17,20)(H2,16,18,19). The molecule has 1 amide bonds. The van der Waals surface area contributed by atoms with E-state index in [9.17, 15) is 4.79 Å². The lowest BCUT2D eigenvalue weighted by molar-refractivity contribution is -0.128. The molecule has 0 saturated heterocycles. The molecule has 0 spiro atoms. The van der Waals surface area contributed by atoms with Crippen LogP contribution in [0.3, 0.4) is 0 Å². The third kappa shape index (κ3) is 6.26. The van der Waals surface area contributed by atoms with Crippen LogP contribution < -0.4 is 16.0 Å². The van der Waals surface area contributed by atoms with Gasteiger partial charge in [0.05, 0.1) is 0 Å². The Morgan fingerprint density at radius 2 is 1.70 bits per heavy atom. The maximum atomic E-state index is 11.7. The van der Waals surface area contributed by atoms with Crippen LogP contribution in [0.15, 0.2) is 4.99 Å². The summed E-state index contributed by atoms with van der Waals surface area (Å²) in [6.45, 7) is 7.05. The van der Waals surface area contributed by atoms with Gasteiger partial charge in [-0.3, -0.25) is 9.79 Å². The average Bonchev–Trinajstić information content (AvgIpc) is 2.42. The predicted molar refractivity (Wildman–Crippen MR) is 83.8 cm³/mol. The number of amides is 1. The van der Waals surface area contributed by atoms with Crippen molar-refractivity contribution in [1.29, 1.82) is 0 Å². The molecule has 5 heteroatoms. The van der Waals surface area contributed by atoms with Gasteiger partial charge in [-0.15, -0.1) is 0 Å². The van der Waals surface area contributed by atoms with E-state index in [0.717, 1.165) is 5.96 Å². The molecule has 3 N–H and O–H groups in total. The van der Waals surface area contributed by atoms with Gasteiger partial charge in [-0.25, -0.2) is 0 Å². The fourth-order valence-electron chi connectivity index (χ4n) is 2.26. The summed E-state index contributed by atoms with van der Waals surface area (Å²) in [6, 6.07) is 0.541. The SMILES string of the molecule is CN=C(NCCNC(=O)C(C)(C)C)NC1CCCCC1. The number of hydrogen-bond donors (Lipinski definition) is 3. The third-order valence-electron chi connectivity index (χ3n) is 3.55. The number of nitrogens with zero attached hydrogens (tertiary/aromatic N) is 1. The molecule has 0 bridgehead atoms. The van der Waals surface area contributed by atoms with Crippen molar-refractivity contribution >= 4 is 11.9 Å². The highest BCUT2D eigenvalue weighted by Gasteiger charge is 2.20. The molecule has 0 radical (unpaired) electrons. The van der Waals surface area contributed by atoms with E-state index in [1.165, 1.54) is 32.1 Å². The van der Waals surface area contributed by atoms with Crippen molar-refractivity contribution in [2.45, 2.75) is 58.9 Å². The van der Waals surface area contributed by atoms with E-state index >= 15 is 0 Å². The zero-order chi connectivity index (χ0) is 15.0. The van der Waals surface area contributed by atoms with Gasteiger partial charge in [-0.05, 0) is 12.8 Å². The van der Waals surface area contributed by atoms with Gasteiger partial charge >= 0.3 is 0 Å². The minimum Gasteiger partial charge on any atom is -0.355 e. The summed E-state index contributed by atoms with van der Waals surface area (Å²) in [5, 5.41) is 9.62. The molecule has 0 aromatic heterocycles. The number of guanidine groups is 1. The first kappa shape index (κ1) is 16.8. The van der Waals surface area contributed by atoms with Gasteiger partial charge in [0.2, 0.25) is 5.91 Å². The second kappa shape index (κ2) is 8.12. The summed E-state index contributed by atoms with van der Waals surface area (Å²) in [5.41, 5.74) is -0.331. The molecule has 116 valence electrons. The summed E-state index contributed by atoms with van der Waals surface area (Å²) in [5.74, 6) is 0.913. The zero-order valence-corrected chi connectivity index (χ0v) is 13.4. The average molecular weight is 282 g/mol. The van der Waals surface area contributed by atoms with E-state index in [0.29, 0.717) is 19.1 Å². The second-order valence-corrected chi connectivity index (χ2v) is 6.48. The number of carbonyl (C=O) groups excluding carboxylic acids is 1. The molecular formula is C15H30N4O. The van der Waals surface area contributed by atoms with Crippen molar-refractivity contribution in [3.05, 3.63) is 0 Å². The lowest BCUT2D eigenvalue weighted by Crippen LogP contribution is -2.47. The molecule has 5 nitrogen and oxygen atoms in total. The van der Waals surface area contributed by atoms with Crippen molar-refractivity contribution in [2.75, 3.05) is 20.1 Å². The Labute approximate surface area is 123 Å². The number of hydrogen-bond acceptors (Lipinski definition) is 2. The highest BCUT2D eigenvalue weighted by Crippen LogP contribution is 2.17. The summed E-state index contributed by atoms with van der Waals surface area (Å²) >= 11 is 0. The highest BCUT2D eigenvalue weighted by molar-refractivity contribution is 5.82. The van der Waals surface area contributed by atoms with E-state index in [-0.39, 0.29) is 11.3 Å². The molecule has 1 saturated carbocycles. The van der Waals surface area contributed by atoms with Gasteiger partial charge in [0.25, 0.3) is 0 Å². The van der Waals surface area contributed by atoms with Gasteiger partial charge in [-0.2, -0.15) is 0 Å². The maximum absolute atomic E-state index is 11.7. The third-order valence-corrected chi connectivity index (χ3v) is 3.55. The van der Waals surface area contributed by atoms with Crippen LogP contribution in [0.25, 0.3) is 0 Å². The lowest BCUT2D eigenvalue weighted by Gasteiger charge is -2.25. The van der Waals surface area contributed by atoms with Gasteiger partial charge < -0.3 is 16.0 Å². The van der Waals surface area contributed by atoms with Crippen LogP contribution in [0.1, 0.15) is 52.9 Å². The van der Waals surface area contributed by atoms with E-state index in [1.807, 2.05) is 20.8 Å². The molecule has 0 unspecified atom stereocenters. The Balaban J connectivity index is 2.20. The van der Waals surface area contributed by atoms with Crippen LogP contribution in [0, 0.1) is 5.41 Å². The van der Waals surface area contributed by atoms with Crippen molar-refractivity contribution in [1.82, 2.24) is 16.0 Å². The van der Waals surface area contributed by atoms with Crippen LogP contribution in [-0.4, -0.2) is 38.0 Å². The Morgan fingerprint density at radius 1 is 1.10 bits per heavy atom. The van der Waals surface area contributed by atoms with Crippen LogP contribution in [0.4, 0.5) is 0 Å².